The second-order valence-corrected chi connectivity index (χ2v) is 6.57. The number of carbonyl (C=O) groups is 1. The van der Waals surface area contributed by atoms with Crippen LogP contribution in [0.15, 0.2) is 47.4 Å². The SMILES string of the molecule is CCCn1cc(C(=O)OCC)c(=O)c2c(NCc3ccccc3)c(F)c(F)cc21. The van der Waals surface area contributed by atoms with Crippen molar-refractivity contribution in [3.8, 4) is 0 Å². The average molecular weight is 400 g/mol. The number of carbonyl (C=O) groups excluding carboxylic acids is 1. The Hall–Kier alpha value is -3.22. The maximum Gasteiger partial charge on any atom is 0.343 e. The van der Waals surface area contributed by atoms with Crippen LogP contribution in [0.5, 0.6) is 0 Å². The van der Waals surface area contributed by atoms with Crippen LogP contribution in [0.25, 0.3) is 10.9 Å². The van der Waals surface area contributed by atoms with Gasteiger partial charge in [-0.05, 0) is 18.9 Å². The van der Waals surface area contributed by atoms with Crippen molar-refractivity contribution in [3.05, 3.63) is 75.6 Å². The number of benzene rings is 2. The lowest BCUT2D eigenvalue weighted by Crippen LogP contribution is -2.22. The third-order valence-corrected chi connectivity index (χ3v) is 4.54. The van der Waals surface area contributed by atoms with Gasteiger partial charge in [0.25, 0.3) is 0 Å². The fourth-order valence-electron chi connectivity index (χ4n) is 3.22. The molecule has 0 atom stereocenters. The van der Waals surface area contributed by atoms with E-state index in [0.29, 0.717) is 13.0 Å². The molecule has 3 aromatic rings. The topological polar surface area (TPSA) is 60.3 Å². The first kappa shape index (κ1) is 20.5. The van der Waals surface area contributed by atoms with Crippen LogP contribution in [0.4, 0.5) is 14.5 Å². The zero-order valence-corrected chi connectivity index (χ0v) is 16.3. The summed E-state index contributed by atoms with van der Waals surface area (Å²) in [5.74, 6) is -3.02. The number of aryl methyl sites for hydroxylation is 1. The number of esters is 1. The molecule has 1 heterocycles. The summed E-state index contributed by atoms with van der Waals surface area (Å²) in [5.41, 5.74) is -0.106. The smallest absolute Gasteiger partial charge is 0.343 e. The lowest BCUT2D eigenvalue weighted by atomic mass is 10.1. The van der Waals surface area contributed by atoms with E-state index in [1.54, 1.807) is 11.5 Å². The second-order valence-electron chi connectivity index (χ2n) is 6.57. The molecular weight excluding hydrogens is 378 g/mol. The Morgan fingerprint density at radius 3 is 2.55 bits per heavy atom. The van der Waals surface area contributed by atoms with Gasteiger partial charge in [-0.1, -0.05) is 37.3 Å². The second kappa shape index (κ2) is 8.86. The van der Waals surface area contributed by atoms with Gasteiger partial charge in [0, 0.05) is 25.4 Å². The van der Waals surface area contributed by atoms with Gasteiger partial charge in [0.15, 0.2) is 11.6 Å². The molecule has 0 radical (unpaired) electrons. The Morgan fingerprint density at radius 1 is 1.17 bits per heavy atom. The van der Waals surface area contributed by atoms with Crippen LogP contribution in [0, 0.1) is 11.6 Å². The summed E-state index contributed by atoms with van der Waals surface area (Å²) in [4.78, 5) is 25.3. The zero-order chi connectivity index (χ0) is 21.0. The van der Waals surface area contributed by atoms with Crippen LogP contribution in [0.3, 0.4) is 0 Å². The van der Waals surface area contributed by atoms with Gasteiger partial charge < -0.3 is 14.6 Å². The fourth-order valence-corrected chi connectivity index (χ4v) is 3.22. The van der Waals surface area contributed by atoms with Crippen LogP contribution in [0.1, 0.15) is 36.2 Å². The number of ether oxygens (including phenoxy) is 1. The van der Waals surface area contributed by atoms with E-state index in [2.05, 4.69) is 5.32 Å². The van der Waals surface area contributed by atoms with Gasteiger partial charge in [-0.25, -0.2) is 13.6 Å². The molecule has 0 aliphatic rings. The quantitative estimate of drug-likeness (QED) is 0.594. The third kappa shape index (κ3) is 4.13. The predicted octanol–water partition coefficient (Wildman–Crippen LogP) is 4.48. The van der Waals surface area contributed by atoms with E-state index in [1.165, 1.54) is 6.20 Å². The predicted molar refractivity (Wildman–Crippen MR) is 108 cm³/mol. The Morgan fingerprint density at radius 2 is 1.90 bits per heavy atom. The normalized spacial score (nSPS) is 10.9. The first-order valence-electron chi connectivity index (χ1n) is 9.48. The van der Waals surface area contributed by atoms with E-state index in [0.717, 1.165) is 11.6 Å². The fraction of sp³-hybridized carbons (Fsp3) is 0.273. The van der Waals surface area contributed by atoms with E-state index in [1.807, 2.05) is 37.3 Å². The summed E-state index contributed by atoms with van der Waals surface area (Å²) in [6.07, 6.45) is 2.02. The lowest BCUT2D eigenvalue weighted by molar-refractivity contribution is 0.0524. The summed E-state index contributed by atoms with van der Waals surface area (Å²) in [6.45, 7) is 4.24. The summed E-state index contributed by atoms with van der Waals surface area (Å²) >= 11 is 0. The molecule has 7 heteroatoms. The van der Waals surface area contributed by atoms with Crippen molar-refractivity contribution in [1.82, 2.24) is 4.57 Å². The average Bonchev–Trinajstić information content (AvgIpc) is 2.71. The van der Waals surface area contributed by atoms with Crippen LogP contribution in [-0.4, -0.2) is 17.1 Å². The van der Waals surface area contributed by atoms with Crippen molar-refractivity contribution >= 4 is 22.6 Å². The number of hydrogen-bond acceptors (Lipinski definition) is 4. The van der Waals surface area contributed by atoms with Crippen molar-refractivity contribution < 1.29 is 18.3 Å². The van der Waals surface area contributed by atoms with Crippen LogP contribution < -0.4 is 10.7 Å². The van der Waals surface area contributed by atoms with E-state index >= 15 is 0 Å². The van der Waals surface area contributed by atoms with Crippen LogP contribution >= 0.6 is 0 Å². The minimum absolute atomic E-state index is 0.0705. The number of rotatable bonds is 7. The highest BCUT2D eigenvalue weighted by Crippen LogP contribution is 2.28. The summed E-state index contributed by atoms with van der Waals surface area (Å²) in [6, 6.07) is 10.1. The summed E-state index contributed by atoms with van der Waals surface area (Å²) in [5, 5.41) is 2.77. The summed E-state index contributed by atoms with van der Waals surface area (Å²) < 4.78 is 35.6. The molecule has 0 saturated heterocycles. The molecule has 0 aliphatic heterocycles. The minimum Gasteiger partial charge on any atom is -0.462 e. The highest BCUT2D eigenvalue weighted by Gasteiger charge is 2.23. The molecule has 0 amide bonds. The molecule has 1 N–H and O–H groups in total. The minimum atomic E-state index is -1.16. The molecule has 29 heavy (non-hydrogen) atoms. The molecule has 5 nitrogen and oxygen atoms in total. The lowest BCUT2D eigenvalue weighted by Gasteiger charge is -2.17. The number of nitrogens with zero attached hydrogens (tertiary/aromatic N) is 1. The van der Waals surface area contributed by atoms with Crippen molar-refractivity contribution in [2.45, 2.75) is 33.4 Å². The first-order chi connectivity index (χ1) is 14.0. The number of pyridine rings is 1. The number of anilines is 1. The largest absolute Gasteiger partial charge is 0.462 e. The Balaban J connectivity index is 2.23. The Bertz CT molecular complexity index is 1090. The van der Waals surface area contributed by atoms with Gasteiger partial charge in [-0.15, -0.1) is 0 Å². The number of fused-ring (bicyclic) bond motifs is 1. The third-order valence-electron chi connectivity index (χ3n) is 4.54. The van der Waals surface area contributed by atoms with Gasteiger partial charge in [-0.2, -0.15) is 0 Å². The van der Waals surface area contributed by atoms with Crippen molar-refractivity contribution in [3.63, 3.8) is 0 Å². The van der Waals surface area contributed by atoms with E-state index in [-0.39, 0.29) is 35.3 Å². The highest BCUT2D eigenvalue weighted by molar-refractivity contribution is 5.98. The van der Waals surface area contributed by atoms with Crippen LogP contribution in [0.2, 0.25) is 0 Å². The van der Waals surface area contributed by atoms with E-state index in [4.69, 9.17) is 4.74 Å². The van der Waals surface area contributed by atoms with Gasteiger partial charge in [-0.3, -0.25) is 4.79 Å². The molecule has 152 valence electrons. The van der Waals surface area contributed by atoms with E-state index in [9.17, 15) is 18.4 Å². The van der Waals surface area contributed by atoms with Crippen molar-refractivity contribution in [2.75, 3.05) is 11.9 Å². The molecule has 0 fully saturated rings. The zero-order valence-electron chi connectivity index (χ0n) is 16.3. The summed E-state index contributed by atoms with van der Waals surface area (Å²) in [7, 11) is 0. The Kier molecular flexibility index (Phi) is 6.26. The molecule has 2 aromatic carbocycles. The van der Waals surface area contributed by atoms with Crippen molar-refractivity contribution in [2.24, 2.45) is 0 Å². The van der Waals surface area contributed by atoms with Gasteiger partial charge in [0.05, 0.1) is 23.2 Å². The maximum absolute atomic E-state index is 14.7. The first-order valence-corrected chi connectivity index (χ1v) is 9.48. The highest BCUT2D eigenvalue weighted by atomic mass is 19.2. The maximum atomic E-state index is 14.7. The molecule has 0 saturated carbocycles. The number of halogens is 2. The molecule has 3 rings (SSSR count). The Labute approximate surface area is 166 Å². The number of hydrogen-bond donors (Lipinski definition) is 1. The van der Waals surface area contributed by atoms with Gasteiger partial charge in [0.1, 0.15) is 5.56 Å². The molecule has 0 unspecified atom stereocenters. The van der Waals surface area contributed by atoms with Crippen molar-refractivity contribution in [1.29, 1.82) is 0 Å². The standard InChI is InChI=1S/C22H22F2N2O3/c1-3-10-26-13-15(22(28)29-4-2)21(27)18-17(26)11-16(23)19(24)20(18)25-12-14-8-6-5-7-9-14/h5-9,11,13,25H,3-4,10,12H2,1-2H3. The van der Waals surface area contributed by atoms with Gasteiger partial charge in [0.2, 0.25) is 5.43 Å². The monoisotopic (exact) mass is 400 g/mol. The number of aromatic nitrogens is 1. The molecule has 1 aromatic heterocycles. The van der Waals surface area contributed by atoms with E-state index < -0.39 is 23.0 Å². The molecule has 0 spiro atoms. The molecule has 0 aliphatic carbocycles. The number of nitrogens with one attached hydrogen (secondary N) is 1. The van der Waals surface area contributed by atoms with Crippen LogP contribution in [-0.2, 0) is 17.8 Å². The van der Waals surface area contributed by atoms with Gasteiger partial charge >= 0.3 is 5.97 Å². The molecule has 0 bridgehead atoms. The molecular formula is C22H22F2N2O3.